The van der Waals surface area contributed by atoms with Crippen molar-refractivity contribution in [2.45, 2.75) is 18.6 Å². The van der Waals surface area contributed by atoms with Gasteiger partial charge in [0, 0.05) is 18.4 Å². The molecule has 0 aliphatic heterocycles. The molecule has 0 atom stereocenters. The molecule has 7 heteroatoms. The number of aromatic hydroxyl groups is 1. The minimum absolute atomic E-state index is 0.0108. The van der Waals surface area contributed by atoms with E-state index in [1.54, 1.807) is 0 Å². The Morgan fingerprint density at radius 3 is 2.47 bits per heavy atom. The minimum atomic E-state index is -3.28. The molecule has 1 aromatic rings. The van der Waals surface area contributed by atoms with Gasteiger partial charge in [-0.05, 0) is 32.0 Å². The van der Waals surface area contributed by atoms with Gasteiger partial charge in [-0.25, -0.2) is 8.42 Å². The molecule has 0 bridgehead atoms. The largest absolute Gasteiger partial charge is 0.506 e. The van der Waals surface area contributed by atoms with Crippen molar-refractivity contribution in [1.29, 1.82) is 0 Å². The summed E-state index contributed by atoms with van der Waals surface area (Å²) in [6, 6.07) is 4.03. The van der Waals surface area contributed by atoms with Crippen LogP contribution < -0.4 is 5.32 Å². The molecule has 5 nitrogen and oxygen atoms in total. The van der Waals surface area contributed by atoms with Crippen molar-refractivity contribution < 1.29 is 18.3 Å². The molecule has 0 unspecified atom stereocenters. The van der Waals surface area contributed by atoms with Gasteiger partial charge in [0.15, 0.2) is 9.84 Å². The fourth-order valence-electron chi connectivity index (χ4n) is 1.17. The number of rotatable bonds is 4. The van der Waals surface area contributed by atoms with Crippen LogP contribution in [0.5, 0.6) is 5.75 Å². The summed E-state index contributed by atoms with van der Waals surface area (Å²) < 4.78 is 21.9. The normalized spacial score (nSPS) is 12.2. The molecule has 2 N–H and O–H groups in total. The zero-order valence-electron chi connectivity index (χ0n) is 10.9. The van der Waals surface area contributed by atoms with E-state index in [0.29, 0.717) is 0 Å². The maximum Gasteiger partial charge on any atom is 0.251 e. The summed E-state index contributed by atoms with van der Waals surface area (Å²) in [7, 11) is -3.28. The van der Waals surface area contributed by atoms with E-state index in [2.05, 4.69) is 5.32 Å². The number of amides is 1. The third-order valence-corrected chi connectivity index (χ3v) is 5.34. The minimum Gasteiger partial charge on any atom is -0.506 e. The van der Waals surface area contributed by atoms with Gasteiger partial charge in [0.25, 0.3) is 5.91 Å². The van der Waals surface area contributed by atoms with Crippen LogP contribution in [0.4, 0.5) is 0 Å². The molecule has 0 fully saturated rings. The summed E-state index contributed by atoms with van der Waals surface area (Å²) in [6.07, 6.45) is 1.12. The van der Waals surface area contributed by atoms with Crippen molar-refractivity contribution in [1.82, 2.24) is 5.32 Å². The maximum absolute atomic E-state index is 11.8. The number of halogens is 1. The van der Waals surface area contributed by atoms with Gasteiger partial charge in [-0.1, -0.05) is 11.6 Å². The molecule has 0 aromatic heterocycles. The highest BCUT2D eigenvalue weighted by Crippen LogP contribution is 2.23. The Kier molecular flexibility index (Phi) is 4.47. The van der Waals surface area contributed by atoms with E-state index in [9.17, 15) is 18.3 Å². The smallest absolute Gasteiger partial charge is 0.251 e. The first-order valence-electron chi connectivity index (χ1n) is 5.51. The van der Waals surface area contributed by atoms with Crippen LogP contribution in [0.2, 0.25) is 5.02 Å². The Labute approximate surface area is 117 Å². The van der Waals surface area contributed by atoms with Crippen molar-refractivity contribution in [3.05, 3.63) is 28.8 Å². The van der Waals surface area contributed by atoms with Crippen molar-refractivity contribution in [3.8, 4) is 5.75 Å². The number of nitrogens with one attached hydrogen (secondary N) is 1. The lowest BCUT2D eigenvalue weighted by Crippen LogP contribution is -2.43. The first-order chi connectivity index (χ1) is 8.54. The Morgan fingerprint density at radius 1 is 1.42 bits per heavy atom. The Morgan fingerprint density at radius 2 is 2.00 bits per heavy atom. The average Bonchev–Trinajstić information content (AvgIpc) is 2.28. The van der Waals surface area contributed by atoms with E-state index in [4.69, 9.17) is 11.6 Å². The van der Waals surface area contributed by atoms with Gasteiger partial charge >= 0.3 is 0 Å². The zero-order valence-corrected chi connectivity index (χ0v) is 12.5. The molecule has 0 aliphatic carbocycles. The molecule has 0 aliphatic rings. The van der Waals surface area contributed by atoms with Crippen LogP contribution in [-0.4, -0.2) is 37.0 Å². The lowest BCUT2D eigenvalue weighted by molar-refractivity contribution is 0.0950. The third kappa shape index (κ3) is 3.84. The van der Waals surface area contributed by atoms with Crippen LogP contribution in [0.25, 0.3) is 0 Å². The first kappa shape index (κ1) is 15.8. The molecule has 0 radical (unpaired) electrons. The molecule has 1 rings (SSSR count). The van der Waals surface area contributed by atoms with Gasteiger partial charge < -0.3 is 10.4 Å². The molecule has 1 aromatic carbocycles. The topological polar surface area (TPSA) is 83.5 Å². The highest BCUT2D eigenvalue weighted by atomic mass is 35.5. The summed E-state index contributed by atoms with van der Waals surface area (Å²) in [6.45, 7) is 3.06. The summed E-state index contributed by atoms with van der Waals surface area (Å²) in [5.41, 5.74) is 0.257. The fraction of sp³-hybridized carbons (Fsp3) is 0.417. The van der Waals surface area contributed by atoms with Gasteiger partial charge in [-0.2, -0.15) is 0 Å². The average molecular weight is 306 g/mol. The molecule has 0 spiro atoms. The summed E-state index contributed by atoms with van der Waals surface area (Å²) in [4.78, 5) is 11.8. The van der Waals surface area contributed by atoms with E-state index in [1.165, 1.54) is 32.0 Å². The Balaban J connectivity index is 2.79. The van der Waals surface area contributed by atoms with Crippen LogP contribution in [0.1, 0.15) is 24.2 Å². The second kappa shape index (κ2) is 5.38. The monoisotopic (exact) mass is 305 g/mol. The van der Waals surface area contributed by atoms with Crippen LogP contribution >= 0.6 is 11.6 Å². The second-order valence-electron chi connectivity index (χ2n) is 4.88. The molecule has 0 saturated heterocycles. The van der Waals surface area contributed by atoms with E-state index in [-0.39, 0.29) is 22.9 Å². The number of sulfone groups is 1. The number of hydrogen-bond acceptors (Lipinski definition) is 4. The van der Waals surface area contributed by atoms with Crippen molar-refractivity contribution >= 4 is 27.3 Å². The predicted octanol–water partition coefficient (Wildman–Crippen LogP) is 1.60. The number of carbonyl (C=O) groups excluding carboxylic acids is 1. The number of hydrogen-bond donors (Lipinski definition) is 2. The molecule has 1 amide bonds. The van der Waals surface area contributed by atoms with Gasteiger partial charge in [-0.15, -0.1) is 0 Å². The third-order valence-electron chi connectivity index (χ3n) is 2.89. The first-order valence-corrected chi connectivity index (χ1v) is 7.78. The lowest BCUT2D eigenvalue weighted by Gasteiger charge is -2.22. The van der Waals surface area contributed by atoms with E-state index in [0.717, 1.165) is 6.26 Å². The zero-order chi connectivity index (χ0) is 14.8. The number of phenols is 1. The standard InChI is InChI=1S/C12H16ClNO4S/c1-12(2,19(3,17)18)7-14-11(16)8-4-5-10(15)9(13)6-8/h4-6,15H,7H2,1-3H3,(H,14,16). The highest BCUT2D eigenvalue weighted by Gasteiger charge is 2.30. The predicted molar refractivity (Wildman–Crippen MR) is 74.4 cm³/mol. The molecular weight excluding hydrogens is 290 g/mol. The fourth-order valence-corrected chi connectivity index (χ4v) is 1.69. The SMILES string of the molecule is CC(C)(CNC(=O)c1ccc(O)c(Cl)c1)S(C)(=O)=O. The van der Waals surface area contributed by atoms with Crippen LogP contribution in [0.15, 0.2) is 18.2 Å². The summed E-state index contributed by atoms with van der Waals surface area (Å²) in [5, 5.41) is 11.8. The van der Waals surface area contributed by atoms with Crippen LogP contribution in [-0.2, 0) is 9.84 Å². The van der Waals surface area contributed by atoms with Crippen molar-refractivity contribution in [3.63, 3.8) is 0 Å². The van der Waals surface area contributed by atoms with E-state index in [1.807, 2.05) is 0 Å². The van der Waals surface area contributed by atoms with Gasteiger partial charge in [-0.3, -0.25) is 4.79 Å². The molecule has 19 heavy (non-hydrogen) atoms. The molecule has 0 heterocycles. The van der Waals surface area contributed by atoms with Crippen molar-refractivity contribution in [2.24, 2.45) is 0 Å². The molecule has 106 valence electrons. The van der Waals surface area contributed by atoms with Gasteiger partial charge in [0.1, 0.15) is 5.75 Å². The van der Waals surface area contributed by atoms with E-state index >= 15 is 0 Å². The summed E-state index contributed by atoms with van der Waals surface area (Å²) in [5.74, 6) is -0.562. The van der Waals surface area contributed by atoms with Crippen molar-refractivity contribution in [2.75, 3.05) is 12.8 Å². The number of benzene rings is 1. The number of phenolic OH excluding ortho intramolecular Hbond substituents is 1. The Hall–Kier alpha value is -1.27. The number of carbonyl (C=O) groups is 1. The molecular formula is C12H16ClNO4S. The van der Waals surface area contributed by atoms with Gasteiger partial charge in [0.05, 0.1) is 9.77 Å². The van der Waals surface area contributed by atoms with E-state index < -0.39 is 20.5 Å². The molecule has 0 saturated carbocycles. The quantitative estimate of drug-likeness (QED) is 0.885. The lowest BCUT2D eigenvalue weighted by atomic mass is 10.1. The second-order valence-corrected chi connectivity index (χ2v) is 7.94. The summed E-state index contributed by atoms with van der Waals surface area (Å²) >= 11 is 5.69. The van der Waals surface area contributed by atoms with Gasteiger partial charge in [0.2, 0.25) is 0 Å². The maximum atomic E-state index is 11.8. The highest BCUT2D eigenvalue weighted by molar-refractivity contribution is 7.92. The van der Waals surface area contributed by atoms with Crippen LogP contribution in [0, 0.1) is 0 Å². The van der Waals surface area contributed by atoms with Crippen LogP contribution in [0.3, 0.4) is 0 Å². The Bertz CT molecular complexity index is 596.